The quantitative estimate of drug-likeness (QED) is 0.621. The van der Waals surface area contributed by atoms with E-state index in [2.05, 4.69) is 10.1 Å². The van der Waals surface area contributed by atoms with Gasteiger partial charge in [0.15, 0.2) is 0 Å². The van der Waals surface area contributed by atoms with E-state index < -0.39 is 0 Å². The summed E-state index contributed by atoms with van der Waals surface area (Å²) in [5.41, 5.74) is 1.78. The van der Waals surface area contributed by atoms with E-state index in [1.54, 1.807) is 28.8 Å². The van der Waals surface area contributed by atoms with Gasteiger partial charge in [0.2, 0.25) is 17.6 Å². The van der Waals surface area contributed by atoms with Gasteiger partial charge >= 0.3 is 0 Å². The van der Waals surface area contributed by atoms with Crippen molar-refractivity contribution in [1.29, 1.82) is 0 Å². The molecule has 2 aromatic carbocycles. The maximum atomic E-state index is 13.0. The summed E-state index contributed by atoms with van der Waals surface area (Å²) in [5, 5.41) is 4.07. The Bertz CT molecular complexity index is 941. The normalized spacial score (nSPS) is 16.9. The molecular formula is C20H18FN3O2S. The Morgan fingerprint density at radius 1 is 1.19 bits per heavy atom. The van der Waals surface area contributed by atoms with Crippen molar-refractivity contribution in [2.45, 2.75) is 23.8 Å². The van der Waals surface area contributed by atoms with Gasteiger partial charge in [0.05, 0.1) is 5.92 Å². The molecule has 0 saturated carbocycles. The van der Waals surface area contributed by atoms with Crippen molar-refractivity contribution in [3.63, 3.8) is 0 Å². The minimum Gasteiger partial charge on any atom is -0.339 e. The molecular weight excluding hydrogens is 365 g/mol. The van der Waals surface area contributed by atoms with Crippen molar-refractivity contribution in [3.05, 3.63) is 65.8 Å². The molecule has 27 heavy (non-hydrogen) atoms. The van der Waals surface area contributed by atoms with Crippen LogP contribution in [0.1, 0.15) is 23.8 Å². The first-order chi connectivity index (χ1) is 13.1. The van der Waals surface area contributed by atoms with E-state index >= 15 is 0 Å². The topological polar surface area (TPSA) is 59.2 Å². The lowest BCUT2D eigenvalue weighted by molar-refractivity contribution is -0.128. The minimum absolute atomic E-state index is 0.0356. The first-order valence-electron chi connectivity index (χ1n) is 8.62. The number of aromatic nitrogens is 2. The van der Waals surface area contributed by atoms with Gasteiger partial charge in [-0.25, -0.2) is 4.39 Å². The molecule has 1 aromatic heterocycles. The number of hydrogen-bond acceptors (Lipinski definition) is 5. The molecule has 1 amide bonds. The number of benzene rings is 2. The summed E-state index contributed by atoms with van der Waals surface area (Å²) < 4.78 is 18.5. The molecule has 1 fully saturated rings. The fourth-order valence-corrected chi connectivity index (χ4v) is 3.57. The molecule has 2 heterocycles. The lowest BCUT2D eigenvalue weighted by Gasteiger charge is -2.15. The molecule has 4 rings (SSSR count). The van der Waals surface area contributed by atoms with Crippen molar-refractivity contribution in [2.75, 3.05) is 12.8 Å². The SMILES string of the molecule is CSc1ccc(-c2noc(C3CC(=O)N(Cc4ccc(F)cc4)C3)n2)cc1. The largest absolute Gasteiger partial charge is 0.339 e. The van der Waals surface area contributed by atoms with E-state index in [1.165, 1.54) is 17.0 Å². The second-order valence-electron chi connectivity index (χ2n) is 6.49. The van der Waals surface area contributed by atoms with Crippen LogP contribution in [-0.4, -0.2) is 33.7 Å². The highest BCUT2D eigenvalue weighted by atomic mass is 32.2. The molecule has 5 nitrogen and oxygen atoms in total. The van der Waals surface area contributed by atoms with Crippen LogP contribution < -0.4 is 0 Å². The molecule has 0 aliphatic carbocycles. The van der Waals surface area contributed by atoms with E-state index in [-0.39, 0.29) is 17.6 Å². The van der Waals surface area contributed by atoms with E-state index in [9.17, 15) is 9.18 Å². The van der Waals surface area contributed by atoms with Gasteiger partial charge in [-0.1, -0.05) is 17.3 Å². The van der Waals surface area contributed by atoms with Gasteiger partial charge in [0.1, 0.15) is 5.82 Å². The molecule has 0 radical (unpaired) electrons. The minimum atomic E-state index is -0.284. The Morgan fingerprint density at radius 2 is 1.93 bits per heavy atom. The van der Waals surface area contributed by atoms with Gasteiger partial charge in [-0.2, -0.15) is 4.98 Å². The number of amides is 1. The number of hydrogen-bond donors (Lipinski definition) is 0. The monoisotopic (exact) mass is 383 g/mol. The van der Waals surface area contributed by atoms with Crippen LogP contribution in [0.2, 0.25) is 0 Å². The molecule has 1 aliphatic heterocycles. The number of halogens is 1. The number of nitrogens with zero attached hydrogens (tertiary/aromatic N) is 3. The van der Waals surface area contributed by atoms with Crippen molar-refractivity contribution >= 4 is 17.7 Å². The molecule has 0 spiro atoms. The van der Waals surface area contributed by atoms with Crippen LogP contribution in [0.5, 0.6) is 0 Å². The van der Waals surface area contributed by atoms with Crippen LogP contribution in [0.15, 0.2) is 57.9 Å². The van der Waals surface area contributed by atoms with Crippen LogP contribution in [0.4, 0.5) is 4.39 Å². The Kier molecular flexibility index (Phi) is 4.94. The van der Waals surface area contributed by atoms with Gasteiger partial charge in [0, 0.05) is 30.0 Å². The van der Waals surface area contributed by atoms with Crippen molar-refractivity contribution in [2.24, 2.45) is 0 Å². The first kappa shape index (κ1) is 17.7. The van der Waals surface area contributed by atoms with Gasteiger partial charge in [-0.05, 0) is 48.2 Å². The zero-order valence-corrected chi connectivity index (χ0v) is 15.6. The molecule has 1 saturated heterocycles. The molecule has 7 heteroatoms. The van der Waals surface area contributed by atoms with Crippen molar-refractivity contribution in [1.82, 2.24) is 15.0 Å². The zero-order valence-electron chi connectivity index (χ0n) is 14.8. The number of carbonyl (C=O) groups is 1. The number of rotatable bonds is 5. The van der Waals surface area contributed by atoms with Gasteiger partial charge in [-0.3, -0.25) is 4.79 Å². The molecule has 1 atom stereocenters. The Balaban J connectivity index is 1.45. The molecule has 3 aromatic rings. The Morgan fingerprint density at radius 3 is 2.63 bits per heavy atom. The van der Waals surface area contributed by atoms with Gasteiger partial charge in [0.25, 0.3) is 0 Å². The van der Waals surface area contributed by atoms with Crippen LogP contribution in [0.25, 0.3) is 11.4 Å². The van der Waals surface area contributed by atoms with E-state index in [1.807, 2.05) is 30.5 Å². The molecule has 1 aliphatic rings. The summed E-state index contributed by atoms with van der Waals surface area (Å²) in [6.45, 7) is 0.968. The molecule has 0 bridgehead atoms. The highest BCUT2D eigenvalue weighted by molar-refractivity contribution is 7.98. The van der Waals surface area contributed by atoms with E-state index in [4.69, 9.17) is 4.52 Å². The van der Waals surface area contributed by atoms with Gasteiger partial charge in [-0.15, -0.1) is 11.8 Å². The van der Waals surface area contributed by atoms with E-state index in [0.29, 0.717) is 31.2 Å². The summed E-state index contributed by atoms with van der Waals surface area (Å²) in [7, 11) is 0. The third-order valence-electron chi connectivity index (χ3n) is 4.64. The summed E-state index contributed by atoms with van der Waals surface area (Å²) in [6, 6.07) is 14.1. The number of likely N-dealkylation sites (tertiary alicyclic amines) is 1. The van der Waals surface area contributed by atoms with Crippen LogP contribution in [-0.2, 0) is 11.3 Å². The third kappa shape index (κ3) is 3.88. The lowest BCUT2D eigenvalue weighted by atomic mass is 10.1. The molecule has 138 valence electrons. The van der Waals surface area contributed by atoms with Crippen LogP contribution in [0, 0.1) is 5.82 Å². The lowest BCUT2D eigenvalue weighted by Crippen LogP contribution is -2.24. The van der Waals surface area contributed by atoms with Crippen molar-refractivity contribution < 1.29 is 13.7 Å². The number of carbonyl (C=O) groups excluding carboxylic acids is 1. The highest BCUT2D eigenvalue weighted by Crippen LogP contribution is 2.30. The predicted molar refractivity (Wildman–Crippen MR) is 101 cm³/mol. The first-order valence-corrected chi connectivity index (χ1v) is 9.85. The zero-order chi connectivity index (χ0) is 18.8. The molecule has 0 N–H and O–H groups in total. The second-order valence-corrected chi connectivity index (χ2v) is 7.37. The average molecular weight is 383 g/mol. The standard InChI is InChI=1S/C20H18FN3O2S/c1-27-17-8-4-14(5-9-17)19-22-20(26-23-19)15-10-18(25)24(12-15)11-13-2-6-16(21)7-3-13/h2-9,15H,10-12H2,1H3. The summed E-state index contributed by atoms with van der Waals surface area (Å²) >= 11 is 1.67. The fraction of sp³-hybridized carbons (Fsp3) is 0.250. The van der Waals surface area contributed by atoms with Crippen molar-refractivity contribution in [3.8, 4) is 11.4 Å². The smallest absolute Gasteiger partial charge is 0.232 e. The third-order valence-corrected chi connectivity index (χ3v) is 5.38. The second kappa shape index (κ2) is 7.52. The molecule has 1 unspecified atom stereocenters. The number of thioether (sulfide) groups is 1. The highest BCUT2D eigenvalue weighted by Gasteiger charge is 2.34. The Hall–Kier alpha value is -2.67. The maximum absolute atomic E-state index is 13.0. The average Bonchev–Trinajstić information content (AvgIpc) is 3.31. The van der Waals surface area contributed by atoms with Gasteiger partial charge < -0.3 is 9.42 Å². The summed E-state index contributed by atoms with van der Waals surface area (Å²) in [5.74, 6) is 0.641. The fourth-order valence-electron chi connectivity index (χ4n) is 3.16. The summed E-state index contributed by atoms with van der Waals surface area (Å²) in [6.07, 6.45) is 2.37. The van der Waals surface area contributed by atoms with Crippen LogP contribution >= 0.6 is 11.8 Å². The Labute approximate surface area is 160 Å². The van der Waals surface area contributed by atoms with E-state index in [0.717, 1.165) is 11.1 Å². The van der Waals surface area contributed by atoms with Crippen LogP contribution in [0.3, 0.4) is 0 Å². The summed E-state index contributed by atoms with van der Waals surface area (Å²) in [4.78, 5) is 19.7. The predicted octanol–water partition coefficient (Wildman–Crippen LogP) is 4.11. The maximum Gasteiger partial charge on any atom is 0.232 e.